The second-order valence-corrected chi connectivity index (χ2v) is 5.19. The summed E-state index contributed by atoms with van der Waals surface area (Å²) in [5, 5.41) is 2.85. The highest BCUT2D eigenvalue weighted by atomic mass is 79.9. The van der Waals surface area contributed by atoms with Crippen LogP contribution in [0.5, 0.6) is 0 Å². The molecule has 3 nitrogen and oxygen atoms in total. The van der Waals surface area contributed by atoms with E-state index < -0.39 is 11.8 Å². The molecule has 0 saturated heterocycles. The first-order chi connectivity index (χ1) is 10.0. The molecule has 1 N–H and O–H groups in total. The maximum atomic E-state index is 13.7. The lowest BCUT2D eigenvalue weighted by atomic mass is 10.1. The lowest BCUT2D eigenvalue weighted by Gasteiger charge is -2.11. The van der Waals surface area contributed by atoms with E-state index in [0.29, 0.717) is 5.56 Å². The zero-order chi connectivity index (χ0) is 15.4. The van der Waals surface area contributed by atoms with Crippen LogP contribution in [-0.4, -0.2) is 13.1 Å². The smallest absolute Gasteiger partial charge is 0.339 e. The van der Waals surface area contributed by atoms with Crippen LogP contribution < -0.4 is 5.32 Å². The average Bonchev–Trinajstić information content (AvgIpc) is 2.47. The number of halogens is 3. The van der Waals surface area contributed by atoms with E-state index in [-0.39, 0.29) is 23.6 Å². The number of esters is 1. The molecule has 21 heavy (non-hydrogen) atoms. The summed E-state index contributed by atoms with van der Waals surface area (Å²) in [5.74, 6) is -1.48. The van der Waals surface area contributed by atoms with E-state index in [2.05, 4.69) is 26.0 Å². The highest BCUT2D eigenvalue weighted by molar-refractivity contribution is 9.10. The summed E-state index contributed by atoms with van der Waals surface area (Å²) in [4.78, 5) is 11.6. The topological polar surface area (TPSA) is 38.3 Å². The van der Waals surface area contributed by atoms with Crippen molar-refractivity contribution in [3.63, 3.8) is 0 Å². The fourth-order valence-corrected chi connectivity index (χ4v) is 2.23. The maximum Gasteiger partial charge on any atom is 0.339 e. The Morgan fingerprint density at radius 3 is 2.71 bits per heavy atom. The minimum absolute atomic E-state index is 0.110. The third-order valence-electron chi connectivity index (χ3n) is 2.86. The van der Waals surface area contributed by atoms with Crippen LogP contribution in [0.2, 0.25) is 0 Å². The van der Waals surface area contributed by atoms with Gasteiger partial charge in [-0.3, -0.25) is 0 Å². The van der Waals surface area contributed by atoms with Crippen molar-refractivity contribution in [2.24, 2.45) is 0 Å². The zero-order valence-corrected chi connectivity index (χ0v) is 12.7. The number of hydrogen-bond donors (Lipinski definition) is 1. The molecule has 0 spiro atoms. The van der Waals surface area contributed by atoms with E-state index in [1.807, 2.05) is 0 Å². The molecule has 0 fully saturated rings. The van der Waals surface area contributed by atoms with Crippen LogP contribution in [0, 0.1) is 11.6 Å². The molecule has 0 saturated carbocycles. The first-order valence-corrected chi connectivity index (χ1v) is 6.86. The van der Waals surface area contributed by atoms with Crippen LogP contribution in [0.1, 0.15) is 15.9 Å². The molecule has 0 bridgehead atoms. The van der Waals surface area contributed by atoms with Gasteiger partial charge in [-0.2, -0.15) is 0 Å². The molecule has 2 aromatic carbocycles. The average molecular weight is 356 g/mol. The second kappa shape index (κ2) is 6.67. The maximum absolute atomic E-state index is 13.7. The molecule has 0 unspecified atom stereocenters. The van der Waals surface area contributed by atoms with Crippen LogP contribution in [0.25, 0.3) is 0 Å². The minimum atomic E-state index is -0.591. The van der Waals surface area contributed by atoms with Crippen molar-refractivity contribution in [1.29, 1.82) is 0 Å². The molecule has 0 amide bonds. The molecule has 110 valence electrons. The largest absolute Gasteiger partial charge is 0.465 e. The van der Waals surface area contributed by atoms with Gasteiger partial charge in [0, 0.05) is 16.6 Å². The van der Waals surface area contributed by atoms with Gasteiger partial charge >= 0.3 is 5.97 Å². The Hall–Kier alpha value is -1.95. The van der Waals surface area contributed by atoms with Crippen molar-refractivity contribution in [1.82, 2.24) is 0 Å². The molecule has 0 atom stereocenters. The normalized spacial score (nSPS) is 10.3. The lowest BCUT2D eigenvalue weighted by Crippen LogP contribution is -2.09. The van der Waals surface area contributed by atoms with E-state index in [4.69, 9.17) is 0 Å². The predicted octanol–water partition coefficient (Wildman–Crippen LogP) is 4.13. The molecule has 0 aliphatic heterocycles. The summed E-state index contributed by atoms with van der Waals surface area (Å²) in [6.45, 7) is 0.110. The molecular weight excluding hydrogens is 344 g/mol. The van der Waals surface area contributed by atoms with Crippen molar-refractivity contribution < 1.29 is 18.3 Å². The van der Waals surface area contributed by atoms with Crippen LogP contribution >= 0.6 is 15.9 Å². The van der Waals surface area contributed by atoms with Gasteiger partial charge in [0.1, 0.15) is 11.6 Å². The third kappa shape index (κ3) is 3.78. The first-order valence-electron chi connectivity index (χ1n) is 6.07. The Morgan fingerprint density at radius 2 is 2.00 bits per heavy atom. The van der Waals surface area contributed by atoms with Gasteiger partial charge in [-0.25, -0.2) is 13.6 Å². The van der Waals surface area contributed by atoms with Crippen molar-refractivity contribution in [2.45, 2.75) is 6.54 Å². The number of methoxy groups -OCH3 is 1. The summed E-state index contributed by atoms with van der Waals surface area (Å²) in [6, 6.07) is 8.17. The SMILES string of the molecule is COC(=O)c1ccc(F)cc1NCc1cc(Br)ccc1F. The highest BCUT2D eigenvalue weighted by Gasteiger charge is 2.13. The molecule has 6 heteroatoms. The molecule has 0 aromatic heterocycles. The Kier molecular flexibility index (Phi) is 4.90. The van der Waals surface area contributed by atoms with E-state index in [1.165, 1.54) is 25.3 Å². The Bertz CT molecular complexity index is 677. The summed E-state index contributed by atoms with van der Waals surface area (Å²) in [7, 11) is 1.24. The van der Waals surface area contributed by atoms with E-state index >= 15 is 0 Å². The monoisotopic (exact) mass is 355 g/mol. The number of ether oxygens (including phenoxy) is 1. The highest BCUT2D eigenvalue weighted by Crippen LogP contribution is 2.21. The summed E-state index contributed by atoms with van der Waals surface area (Å²) in [5.41, 5.74) is 0.833. The predicted molar refractivity (Wildman–Crippen MR) is 79.2 cm³/mol. The van der Waals surface area contributed by atoms with E-state index in [0.717, 1.165) is 10.5 Å². The quantitative estimate of drug-likeness (QED) is 0.838. The Morgan fingerprint density at radius 1 is 1.24 bits per heavy atom. The number of benzene rings is 2. The summed E-state index contributed by atoms with van der Waals surface area (Å²) < 4.78 is 32.3. The molecule has 2 aromatic rings. The van der Waals surface area contributed by atoms with Gasteiger partial charge in [-0.05, 0) is 36.4 Å². The first kappa shape index (κ1) is 15.4. The van der Waals surface area contributed by atoms with Crippen LogP contribution in [-0.2, 0) is 11.3 Å². The number of hydrogen-bond acceptors (Lipinski definition) is 3. The molecule has 0 heterocycles. The van der Waals surface area contributed by atoms with Crippen molar-refractivity contribution in [3.8, 4) is 0 Å². The van der Waals surface area contributed by atoms with Gasteiger partial charge in [-0.1, -0.05) is 15.9 Å². The molecule has 2 rings (SSSR count). The van der Waals surface area contributed by atoms with Gasteiger partial charge in [0.25, 0.3) is 0 Å². The van der Waals surface area contributed by atoms with Gasteiger partial charge < -0.3 is 10.1 Å². The van der Waals surface area contributed by atoms with Crippen molar-refractivity contribution in [3.05, 3.63) is 63.6 Å². The molecule has 0 aliphatic carbocycles. The Labute approximate surface area is 129 Å². The van der Waals surface area contributed by atoms with Gasteiger partial charge in [0.2, 0.25) is 0 Å². The van der Waals surface area contributed by atoms with E-state index in [9.17, 15) is 13.6 Å². The number of anilines is 1. The standard InChI is InChI=1S/C15H12BrF2NO2/c1-21-15(20)12-4-3-11(17)7-14(12)19-8-9-6-10(16)2-5-13(9)18/h2-7,19H,8H2,1H3. The summed E-state index contributed by atoms with van der Waals surface area (Å²) in [6.07, 6.45) is 0. The van der Waals surface area contributed by atoms with Gasteiger partial charge in [-0.15, -0.1) is 0 Å². The van der Waals surface area contributed by atoms with Crippen LogP contribution in [0.4, 0.5) is 14.5 Å². The lowest BCUT2D eigenvalue weighted by molar-refractivity contribution is 0.0602. The van der Waals surface area contributed by atoms with Crippen LogP contribution in [0.3, 0.4) is 0 Å². The molecular formula is C15H12BrF2NO2. The number of carbonyl (C=O) groups excluding carboxylic acids is 1. The van der Waals surface area contributed by atoms with Gasteiger partial charge in [0.05, 0.1) is 18.4 Å². The van der Waals surface area contributed by atoms with Gasteiger partial charge in [0.15, 0.2) is 0 Å². The molecule has 0 aliphatic rings. The minimum Gasteiger partial charge on any atom is -0.465 e. The van der Waals surface area contributed by atoms with Crippen molar-refractivity contribution in [2.75, 3.05) is 12.4 Å². The zero-order valence-electron chi connectivity index (χ0n) is 11.1. The fourth-order valence-electron chi connectivity index (χ4n) is 1.82. The Balaban J connectivity index is 2.25. The second-order valence-electron chi connectivity index (χ2n) is 4.27. The summed E-state index contributed by atoms with van der Waals surface area (Å²) >= 11 is 3.25. The van der Waals surface area contributed by atoms with Crippen molar-refractivity contribution >= 4 is 27.6 Å². The fraction of sp³-hybridized carbons (Fsp3) is 0.133. The molecule has 0 radical (unpaired) electrons. The van der Waals surface area contributed by atoms with Crippen LogP contribution in [0.15, 0.2) is 40.9 Å². The number of rotatable bonds is 4. The number of nitrogens with one attached hydrogen (secondary N) is 1. The van der Waals surface area contributed by atoms with E-state index in [1.54, 1.807) is 12.1 Å². The third-order valence-corrected chi connectivity index (χ3v) is 3.36. The number of carbonyl (C=O) groups is 1.